The molecule has 0 aliphatic carbocycles. The zero-order valence-electron chi connectivity index (χ0n) is 9.78. The normalized spacial score (nSPS) is 19.4. The van der Waals surface area contributed by atoms with Crippen molar-refractivity contribution in [1.29, 1.82) is 0 Å². The first-order valence-corrected chi connectivity index (χ1v) is 6.01. The lowest BCUT2D eigenvalue weighted by atomic mass is 9.99. The summed E-state index contributed by atoms with van der Waals surface area (Å²) < 4.78 is 0. The first-order valence-electron chi connectivity index (χ1n) is 6.01. The van der Waals surface area contributed by atoms with Gasteiger partial charge in [0.2, 0.25) is 0 Å². The maximum atomic E-state index is 10.5. The minimum Gasteiger partial charge on any atom is -0.481 e. The average Bonchev–Trinajstić information content (AvgIpc) is 2.52. The number of rotatable bonds is 4. The molecule has 4 heteroatoms. The quantitative estimate of drug-likeness (QED) is 0.734. The largest absolute Gasteiger partial charge is 0.481 e. The van der Waals surface area contributed by atoms with Crippen molar-refractivity contribution < 1.29 is 9.90 Å². The van der Waals surface area contributed by atoms with E-state index in [1.54, 1.807) is 0 Å². The van der Waals surface area contributed by atoms with Crippen LogP contribution < -0.4 is 10.6 Å². The molecule has 3 N–H and O–H groups in total. The molecule has 1 aromatic rings. The summed E-state index contributed by atoms with van der Waals surface area (Å²) in [4.78, 5) is 10.5. The molecule has 1 unspecified atom stereocenters. The van der Waals surface area contributed by atoms with Gasteiger partial charge in [0, 0.05) is 19.1 Å². The Hall–Kier alpha value is -1.39. The molecule has 0 aromatic heterocycles. The van der Waals surface area contributed by atoms with E-state index in [1.165, 1.54) is 11.1 Å². The smallest absolute Gasteiger partial charge is 0.304 e. The summed E-state index contributed by atoms with van der Waals surface area (Å²) in [7, 11) is 0. The summed E-state index contributed by atoms with van der Waals surface area (Å²) in [5.74, 6) is -0.752. The highest BCUT2D eigenvalue weighted by Gasteiger charge is 2.17. The fourth-order valence-corrected chi connectivity index (χ4v) is 2.23. The van der Waals surface area contributed by atoms with E-state index in [9.17, 15) is 4.79 Å². The minimum atomic E-state index is -0.752. The summed E-state index contributed by atoms with van der Waals surface area (Å²) in [6.45, 7) is 2.38. The van der Waals surface area contributed by atoms with Gasteiger partial charge in [-0.1, -0.05) is 24.3 Å². The van der Waals surface area contributed by atoms with Crippen LogP contribution in [0.15, 0.2) is 24.3 Å². The lowest BCUT2D eigenvalue weighted by Gasteiger charge is -2.18. The van der Waals surface area contributed by atoms with Gasteiger partial charge in [-0.15, -0.1) is 0 Å². The molecule has 1 aliphatic heterocycles. The predicted octanol–water partition coefficient (Wildman–Crippen LogP) is 1.29. The molecule has 2 rings (SSSR count). The van der Waals surface area contributed by atoms with Crippen LogP contribution in [0.4, 0.5) is 0 Å². The Morgan fingerprint density at radius 2 is 2.29 bits per heavy atom. The van der Waals surface area contributed by atoms with Crippen LogP contribution in [0.3, 0.4) is 0 Å². The standard InChI is InChI=1S/C13H18N2O2/c16-13(17)6-8-15-12-5-7-14-9-10-3-1-2-4-11(10)12/h1-4,12,14-15H,5-9H2,(H,16,17). The van der Waals surface area contributed by atoms with E-state index in [0.29, 0.717) is 6.54 Å². The fraction of sp³-hybridized carbons (Fsp3) is 0.462. The highest BCUT2D eigenvalue weighted by molar-refractivity contribution is 5.66. The van der Waals surface area contributed by atoms with Crippen LogP contribution in [0.2, 0.25) is 0 Å². The second-order valence-electron chi connectivity index (χ2n) is 4.31. The molecular formula is C13H18N2O2. The van der Waals surface area contributed by atoms with Crippen molar-refractivity contribution in [3.05, 3.63) is 35.4 Å². The molecule has 0 amide bonds. The van der Waals surface area contributed by atoms with Gasteiger partial charge in [-0.3, -0.25) is 4.79 Å². The van der Waals surface area contributed by atoms with Crippen LogP contribution in [-0.4, -0.2) is 24.2 Å². The average molecular weight is 234 g/mol. The molecule has 0 bridgehead atoms. The molecule has 0 saturated heterocycles. The Morgan fingerprint density at radius 1 is 1.47 bits per heavy atom. The van der Waals surface area contributed by atoms with Crippen LogP contribution in [0.1, 0.15) is 30.0 Å². The molecule has 1 aliphatic rings. The second kappa shape index (κ2) is 5.80. The van der Waals surface area contributed by atoms with Gasteiger partial charge >= 0.3 is 5.97 Å². The van der Waals surface area contributed by atoms with Crippen molar-refractivity contribution >= 4 is 5.97 Å². The van der Waals surface area contributed by atoms with Gasteiger partial charge in [-0.05, 0) is 24.1 Å². The van der Waals surface area contributed by atoms with E-state index >= 15 is 0 Å². The van der Waals surface area contributed by atoms with Crippen molar-refractivity contribution in [3.63, 3.8) is 0 Å². The van der Waals surface area contributed by atoms with Gasteiger partial charge in [0.25, 0.3) is 0 Å². The van der Waals surface area contributed by atoms with Crippen molar-refractivity contribution in [3.8, 4) is 0 Å². The molecule has 0 saturated carbocycles. The van der Waals surface area contributed by atoms with Gasteiger partial charge in [0.05, 0.1) is 6.42 Å². The molecule has 92 valence electrons. The summed E-state index contributed by atoms with van der Waals surface area (Å²) >= 11 is 0. The number of nitrogens with one attached hydrogen (secondary N) is 2. The molecule has 1 aromatic carbocycles. The number of carboxylic acids is 1. The molecule has 0 fully saturated rings. The summed E-state index contributed by atoms with van der Waals surface area (Å²) in [5, 5.41) is 15.3. The molecule has 4 nitrogen and oxygen atoms in total. The van der Waals surface area contributed by atoms with Crippen molar-refractivity contribution in [2.75, 3.05) is 13.1 Å². The highest BCUT2D eigenvalue weighted by Crippen LogP contribution is 2.23. The number of aliphatic carboxylic acids is 1. The summed E-state index contributed by atoms with van der Waals surface area (Å²) in [6.07, 6.45) is 1.17. The monoisotopic (exact) mass is 234 g/mol. The number of hydrogen-bond donors (Lipinski definition) is 3. The highest BCUT2D eigenvalue weighted by atomic mass is 16.4. The van der Waals surface area contributed by atoms with Gasteiger partial charge in [0.15, 0.2) is 0 Å². The Kier molecular flexibility index (Phi) is 4.12. The van der Waals surface area contributed by atoms with Gasteiger partial charge in [-0.2, -0.15) is 0 Å². The van der Waals surface area contributed by atoms with E-state index in [-0.39, 0.29) is 12.5 Å². The van der Waals surface area contributed by atoms with Crippen molar-refractivity contribution in [2.45, 2.75) is 25.4 Å². The fourth-order valence-electron chi connectivity index (χ4n) is 2.23. The van der Waals surface area contributed by atoms with Gasteiger partial charge in [0.1, 0.15) is 0 Å². The lowest BCUT2D eigenvalue weighted by Crippen LogP contribution is -2.25. The zero-order chi connectivity index (χ0) is 12.1. The third-order valence-electron chi connectivity index (χ3n) is 3.09. The maximum absolute atomic E-state index is 10.5. The molecule has 0 spiro atoms. The van der Waals surface area contributed by atoms with Crippen LogP contribution in [-0.2, 0) is 11.3 Å². The minimum absolute atomic E-state index is 0.173. The number of carboxylic acid groups (broad SMARTS) is 1. The topological polar surface area (TPSA) is 61.4 Å². The third-order valence-corrected chi connectivity index (χ3v) is 3.09. The first kappa shape index (κ1) is 12.1. The van der Waals surface area contributed by atoms with E-state index < -0.39 is 5.97 Å². The SMILES string of the molecule is O=C(O)CCNC1CCNCc2ccccc21. The van der Waals surface area contributed by atoms with Crippen molar-refractivity contribution in [1.82, 2.24) is 10.6 Å². The van der Waals surface area contributed by atoms with E-state index in [4.69, 9.17) is 5.11 Å². The van der Waals surface area contributed by atoms with E-state index in [1.807, 2.05) is 12.1 Å². The van der Waals surface area contributed by atoms with E-state index in [2.05, 4.69) is 22.8 Å². The van der Waals surface area contributed by atoms with Crippen LogP contribution in [0.5, 0.6) is 0 Å². The zero-order valence-corrected chi connectivity index (χ0v) is 9.78. The van der Waals surface area contributed by atoms with Crippen LogP contribution >= 0.6 is 0 Å². The van der Waals surface area contributed by atoms with Gasteiger partial charge in [-0.25, -0.2) is 0 Å². The lowest BCUT2D eigenvalue weighted by molar-refractivity contribution is -0.136. The van der Waals surface area contributed by atoms with Crippen LogP contribution in [0, 0.1) is 0 Å². The molecule has 0 radical (unpaired) electrons. The van der Waals surface area contributed by atoms with E-state index in [0.717, 1.165) is 19.5 Å². The Labute approximate surface area is 101 Å². The van der Waals surface area contributed by atoms with Gasteiger partial charge < -0.3 is 15.7 Å². The number of hydrogen-bond acceptors (Lipinski definition) is 3. The number of fused-ring (bicyclic) bond motifs is 1. The number of carbonyl (C=O) groups is 1. The maximum Gasteiger partial charge on any atom is 0.304 e. The summed E-state index contributed by atoms with van der Waals surface area (Å²) in [6, 6.07) is 8.59. The van der Waals surface area contributed by atoms with Crippen molar-refractivity contribution in [2.24, 2.45) is 0 Å². The van der Waals surface area contributed by atoms with Crippen LogP contribution in [0.25, 0.3) is 0 Å². The Balaban J connectivity index is 2.04. The molecule has 1 heterocycles. The number of benzene rings is 1. The molecule has 1 atom stereocenters. The Morgan fingerprint density at radius 3 is 3.12 bits per heavy atom. The Bertz CT molecular complexity index is 393. The molecule has 17 heavy (non-hydrogen) atoms. The second-order valence-corrected chi connectivity index (χ2v) is 4.31. The third kappa shape index (κ3) is 3.28. The molecular weight excluding hydrogens is 216 g/mol. The predicted molar refractivity (Wildman–Crippen MR) is 65.8 cm³/mol. The summed E-state index contributed by atoms with van der Waals surface area (Å²) in [5.41, 5.74) is 2.60. The first-order chi connectivity index (χ1) is 8.27.